The highest BCUT2D eigenvalue weighted by atomic mass is 16.1. The number of rotatable bonds is 2. The molecule has 1 aliphatic heterocycles. The molecule has 0 spiro atoms. The molecule has 1 N–H and O–H groups in total. The summed E-state index contributed by atoms with van der Waals surface area (Å²) >= 11 is 0. The SMILES string of the molecule is O=C(Nc1ccncc1)C1=CCN=NC1. The van der Waals surface area contributed by atoms with E-state index in [-0.39, 0.29) is 5.91 Å². The first kappa shape index (κ1) is 9.51. The van der Waals surface area contributed by atoms with Crippen molar-refractivity contribution in [1.82, 2.24) is 4.98 Å². The molecule has 15 heavy (non-hydrogen) atoms. The molecule has 0 radical (unpaired) electrons. The summed E-state index contributed by atoms with van der Waals surface area (Å²) in [6.45, 7) is 0.843. The Morgan fingerprint density at radius 1 is 1.27 bits per heavy atom. The van der Waals surface area contributed by atoms with E-state index < -0.39 is 0 Å². The predicted octanol–water partition coefficient (Wildman–Crippen LogP) is 1.41. The van der Waals surface area contributed by atoms with Crippen molar-refractivity contribution in [3.63, 3.8) is 0 Å². The highest BCUT2D eigenvalue weighted by Gasteiger charge is 2.10. The summed E-state index contributed by atoms with van der Waals surface area (Å²) in [6.07, 6.45) is 5.04. The van der Waals surface area contributed by atoms with Gasteiger partial charge in [-0.2, -0.15) is 10.2 Å². The van der Waals surface area contributed by atoms with Gasteiger partial charge in [-0.25, -0.2) is 0 Å². The fraction of sp³-hybridized carbons (Fsp3) is 0.200. The van der Waals surface area contributed by atoms with Crippen LogP contribution < -0.4 is 5.32 Å². The summed E-state index contributed by atoms with van der Waals surface area (Å²) in [6, 6.07) is 3.48. The maximum atomic E-state index is 11.7. The summed E-state index contributed by atoms with van der Waals surface area (Å²) < 4.78 is 0. The van der Waals surface area contributed by atoms with Crippen LogP contribution in [0.4, 0.5) is 5.69 Å². The van der Waals surface area contributed by atoms with Gasteiger partial charge in [0.15, 0.2) is 0 Å². The largest absolute Gasteiger partial charge is 0.322 e. The van der Waals surface area contributed by atoms with Crippen LogP contribution in [0.15, 0.2) is 46.4 Å². The van der Waals surface area contributed by atoms with Crippen LogP contribution >= 0.6 is 0 Å². The zero-order valence-electron chi connectivity index (χ0n) is 8.05. The lowest BCUT2D eigenvalue weighted by atomic mass is 10.2. The fourth-order valence-corrected chi connectivity index (χ4v) is 1.21. The molecule has 1 aromatic rings. The van der Waals surface area contributed by atoms with Gasteiger partial charge in [0.05, 0.1) is 13.1 Å². The van der Waals surface area contributed by atoms with Gasteiger partial charge < -0.3 is 5.32 Å². The molecule has 0 atom stereocenters. The summed E-state index contributed by atoms with van der Waals surface area (Å²) in [5.74, 6) is -0.125. The molecule has 0 unspecified atom stereocenters. The predicted molar refractivity (Wildman–Crippen MR) is 55.5 cm³/mol. The first-order chi connectivity index (χ1) is 7.36. The number of carbonyl (C=O) groups excluding carboxylic acids is 1. The van der Waals surface area contributed by atoms with Crippen molar-refractivity contribution in [2.75, 3.05) is 18.4 Å². The minimum atomic E-state index is -0.125. The van der Waals surface area contributed by atoms with Crippen LogP contribution in [-0.2, 0) is 4.79 Å². The van der Waals surface area contributed by atoms with Gasteiger partial charge in [-0.3, -0.25) is 9.78 Å². The number of azo groups is 1. The Balaban J connectivity index is 2.01. The van der Waals surface area contributed by atoms with Crippen LogP contribution in [0, 0.1) is 0 Å². The van der Waals surface area contributed by atoms with E-state index in [1.165, 1.54) is 0 Å². The Morgan fingerprint density at radius 2 is 2.07 bits per heavy atom. The lowest BCUT2D eigenvalue weighted by Gasteiger charge is -2.08. The number of hydrogen-bond acceptors (Lipinski definition) is 4. The minimum Gasteiger partial charge on any atom is -0.322 e. The third-order valence-corrected chi connectivity index (χ3v) is 1.99. The van der Waals surface area contributed by atoms with Crippen molar-refractivity contribution in [2.45, 2.75) is 0 Å². The monoisotopic (exact) mass is 202 g/mol. The van der Waals surface area contributed by atoms with Crippen LogP contribution in [0.2, 0.25) is 0 Å². The van der Waals surface area contributed by atoms with E-state index in [0.29, 0.717) is 18.7 Å². The van der Waals surface area contributed by atoms with E-state index in [0.717, 1.165) is 5.69 Å². The average molecular weight is 202 g/mol. The number of aromatic nitrogens is 1. The van der Waals surface area contributed by atoms with E-state index in [2.05, 4.69) is 20.5 Å². The number of anilines is 1. The van der Waals surface area contributed by atoms with E-state index in [4.69, 9.17) is 0 Å². The van der Waals surface area contributed by atoms with E-state index in [9.17, 15) is 4.79 Å². The second kappa shape index (κ2) is 4.45. The molecule has 0 fully saturated rings. The molecule has 5 heteroatoms. The van der Waals surface area contributed by atoms with Gasteiger partial charge in [-0.1, -0.05) is 6.08 Å². The maximum absolute atomic E-state index is 11.7. The standard InChI is InChI=1S/C10H10N4O/c15-10(8-1-6-12-13-7-8)14-9-2-4-11-5-3-9/h1-5H,6-7H2,(H,11,14,15). The summed E-state index contributed by atoms with van der Waals surface area (Å²) in [5.41, 5.74) is 1.39. The number of carbonyl (C=O) groups is 1. The highest BCUT2D eigenvalue weighted by molar-refractivity contribution is 6.04. The Hall–Kier alpha value is -2.04. The van der Waals surface area contributed by atoms with Crippen LogP contribution in [0.5, 0.6) is 0 Å². The molecular formula is C10H10N4O. The van der Waals surface area contributed by atoms with Gasteiger partial charge in [0.2, 0.25) is 0 Å². The number of nitrogens with zero attached hydrogens (tertiary/aromatic N) is 3. The van der Waals surface area contributed by atoms with Gasteiger partial charge in [-0.05, 0) is 12.1 Å². The quantitative estimate of drug-likeness (QED) is 0.787. The van der Waals surface area contributed by atoms with Crippen molar-refractivity contribution in [3.05, 3.63) is 36.2 Å². The normalized spacial score (nSPS) is 14.5. The zero-order chi connectivity index (χ0) is 10.5. The van der Waals surface area contributed by atoms with Gasteiger partial charge >= 0.3 is 0 Å². The van der Waals surface area contributed by atoms with E-state index in [1.54, 1.807) is 30.6 Å². The Bertz CT molecular complexity index is 411. The van der Waals surface area contributed by atoms with Crippen molar-refractivity contribution in [2.24, 2.45) is 10.2 Å². The molecule has 0 aliphatic carbocycles. The Labute approximate surface area is 86.9 Å². The molecule has 0 bridgehead atoms. The van der Waals surface area contributed by atoms with Gasteiger partial charge in [0.25, 0.3) is 5.91 Å². The molecule has 2 heterocycles. The molecule has 0 saturated heterocycles. The van der Waals surface area contributed by atoms with Gasteiger partial charge in [-0.15, -0.1) is 0 Å². The Morgan fingerprint density at radius 3 is 2.73 bits per heavy atom. The molecular weight excluding hydrogens is 192 g/mol. The molecule has 76 valence electrons. The lowest BCUT2D eigenvalue weighted by Crippen LogP contribution is -2.17. The first-order valence-electron chi connectivity index (χ1n) is 4.60. The third-order valence-electron chi connectivity index (χ3n) is 1.99. The van der Waals surface area contributed by atoms with Crippen molar-refractivity contribution in [3.8, 4) is 0 Å². The van der Waals surface area contributed by atoms with Crippen LogP contribution in [0.25, 0.3) is 0 Å². The third kappa shape index (κ3) is 2.46. The number of amides is 1. The van der Waals surface area contributed by atoms with Crippen molar-refractivity contribution < 1.29 is 4.79 Å². The van der Waals surface area contributed by atoms with Crippen LogP contribution in [0.1, 0.15) is 0 Å². The number of pyridine rings is 1. The summed E-state index contributed by atoms with van der Waals surface area (Å²) in [5, 5.41) is 10.3. The molecule has 5 nitrogen and oxygen atoms in total. The lowest BCUT2D eigenvalue weighted by molar-refractivity contribution is -0.112. The van der Waals surface area contributed by atoms with E-state index in [1.807, 2.05) is 0 Å². The molecule has 1 amide bonds. The second-order valence-electron chi connectivity index (χ2n) is 3.04. The molecule has 0 saturated carbocycles. The summed E-state index contributed by atoms with van der Waals surface area (Å²) in [4.78, 5) is 15.5. The first-order valence-corrected chi connectivity index (χ1v) is 4.60. The van der Waals surface area contributed by atoms with Crippen molar-refractivity contribution in [1.29, 1.82) is 0 Å². The van der Waals surface area contributed by atoms with Crippen LogP contribution in [0.3, 0.4) is 0 Å². The van der Waals surface area contributed by atoms with Gasteiger partial charge in [0.1, 0.15) is 0 Å². The number of nitrogens with one attached hydrogen (secondary N) is 1. The average Bonchev–Trinajstić information content (AvgIpc) is 2.31. The van der Waals surface area contributed by atoms with E-state index >= 15 is 0 Å². The minimum absolute atomic E-state index is 0.125. The van der Waals surface area contributed by atoms with Crippen molar-refractivity contribution >= 4 is 11.6 Å². The molecule has 1 aliphatic rings. The number of hydrogen-bond donors (Lipinski definition) is 1. The topological polar surface area (TPSA) is 66.7 Å². The molecule has 1 aromatic heterocycles. The van der Waals surface area contributed by atoms with Gasteiger partial charge in [0, 0.05) is 23.7 Å². The fourth-order valence-electron chi connectivity index (χ4n) is 1.21. The molecule has 0 aromatic carbocycles. The Kier molecular flexibility index (Phi) is 2.82. The molecule has 2 rings (SSSR count). The zero-order valence-corrected chi connectivity index (χ0v) is 8.05. The highest BCUT2D eigenvalue weighted by Crippen LogP contribution is 2.08. The summed E-state index contributed by atoms with van der Waals surface area (Å²) in [7, 11) is 0. The van der Waals surface area contributed by atoms with Crippen LogP contribution in [-0.4, -0.2) is 24.0 Å². The second-order valence-corrected chi connectivity index (χ2v) is 3.04. The smallest absolute Gasteiger partial charge is 0.253 e. The maximum Gasteiger partial charge on any atom is 0.253 e.